The first-order chi connectivity index (χ1) is 7.15. The second kappa shape index (κ2) is 3.53. The summed E-state index contributed by atoms with van der Waals surface area (Å²) in [6, 6.07) is 5.90. The molecule has 5 heteroatoms. The summed E-state index contributed by atoms with van der Waals surface area (Å²) in [5.74, 6) is 0.243. The number of aliphatic imine (C=N–C) groups is 1. The van der Waals surface area contributed by atoms with Gasteiger partial charge in [0.2, 0.25) is 0 Å². The lowest BCUT2D eigenvalue weighted by atomic mass is 10.2. The monoisotopic (exact) mass is 201 g/mol. The van der Waals surface area contributed by atoms with Gasteiger partial charge in [-0.2, -0.15) is 4.99 Å². The summed E-state index contributed by atoms with van der Waals surface area (Å²) in [6.45, 7) is 2.02. The standard InChI is InChI=1S/C10H11N5/c1-6-2-3-8-7(4-6)5-13-10(14-8)15-9(11)12/h2-5H,1H3,(H4,11,12,13,14,15). The Morgan fingerprint density at radius 3 is 2.87 bits per heavy atom. The Kier molecular flexibility index (Phi) is 2.21. The predicted molar refractivity (Wildman–Crippen MR) is 59.7 cm³/mol. The lowest BCUT2D eigenvalue weighted by Crippen LogP contribution is -2.22. The summed E-state index contributed by atoms with van der Waals surface area (Å²) in [4.78, 5) is 12.0. The minimum Gasteiger partial charge on any atom is -0.370 e. The molecule has 0 bridgehead atoms. The largest absolute Gasteiger partial charge is 0.370 e. The number of rotatable bonds is 1. The summed E-state index contributed by atoms with van der Waals surface area (Å²) < 4.78 is 0. The van der Waals surface area contributed by atoms with Gasteiger partial charge >= 0.3 is 0 Å². The summed E-state index contributed by atoms with van der Waals surface area (Å²) in [5.41, 5.74) is 12.5. The van der Waals surface area contributed by atoms with Gasteiger partial charge < -0.3 is 11.5 Å². The molecule has 0 radical (unpaired) electrons. The molecule has 2 rings (SSSR count). The Balaban J connectivity index is 2.57. The van der Waals surface area contributed by atoms with E-state index in [0.717, 1.165) is 10.9 Å². The highest BCUT2D eigenvalue weighted by molar-refractivity contribution is 5.81. The Bertz CT molecular complexity index is 528. The fraction of sp³-hybridized carbons (Fsp3) is 0.100. The van der Waals surface area contributed by atoms with Crippen LogP contribution in [0.5, 0.6) is 0 Å². The molecule has 0 atom stereocenters. The van der Waals surface area contributed by atoms with Gasteiger partial charge in [0.25, 0.3) is 5.95 Å². The van der Waals surface area contributed by atoms with Crippen LogP contribution < -0.4 is 11.5 Å². The van der Waals surface area contributed by atoms with E-state index < -0.39 is 0 Å². The van der Waals surface area contributed by atoms with Gasteiger partial charge in [-0.15, -0.1) is 0 Å². The molecule has 5 nitrogen and oxygen atoms in total. The summed E-state index contributed by atoms with van der Waals surface area (Å²) >= 11 is 0. The van der Waals surface area contributed by atoms with Gasteiger partial charge in [0.05, 0.1) is 5.52 Å². The number of hydrogen-bond donors (Lipinski definition) is 2. The van der Waals surface area contributed by atoms with Crippen LogP contribution in [0.25, 0.3) is 10.9 Å². The van der Waals surface area contributed by atoms with Gasteiger partial charge in [-0.3, -0.25) is 0 Å². The highest BCUT2D eigenvalue weighted by Gasteiger charge is 1.98. The van der Waals surface area contributed by atoms with Crippen molar-refractivity contribution < 1.29 is 0 Å². The first kappa shape index (κ1) is 9.39. The number of nitrogens with two attached hydrogens (primary N) is 2. The number of nitrogens with zero attached hydrogens (tertiary/aromatic N) is 3. The van der Waals surface area contributed by atoms with E-state index in [1.54, 1.807) is 6.20 Å². The molecule has 15 heavy (non-hydrogen) atoms. The molecule has 1 aromatic heterocycles. The quantitative estimate of drug-likeness (QED) is 0.528. The fourth-order valence-electron chi connectivity index (χ4n) is 1.31. The fourth-order valence-corrected chi connectivity index (χ4v) is 1.31. The minimum absolute atomic E-state index is 0.0403. The van der Waals surface area contributed by atoms with Gasteiger partial charge in [0, 0.05) is 11.6 Å². The molecule has 1 aromatic carbocycles. The molecule has 0 spiro atoms. The maximum atomic E-state index is 5.24. The number of guanidine groups is 1. The SMILES string of the molecule is Cc1ccc2nc(N=C(N)N)ncc2c1. The molecular formula is C10H11N5. The summed E-state index contributed by atoms with van der Waals surface area (Å²) in [6.07, 6.45) is 1.71. The van der Waals surface area contributed by atoms with Crippen LogP contribution in [-0.4, -0.2) is 15.9 Å². The Morgan fingerprint density at radius 1 is 1.33 bits per heavy atom. The molecule has 4 N–H and O–H groups in total. The molecule has 1 heterocycles. The van der Waals surface area contributed by atoms with Gasteiger partial charge in [0.15, 0.2) is 5.96 Å². The van der Waals surface area contributed by atoms with E-state index in [9.17, 15) is 0 Å². The smallest absolute Gasteiger partial charge is 0.253 e. The number of aryl methyl sites for hydroxylation is 1. The van der Waals surface area contributed by atoms with E-state index in [1.165, 1.54) is 5.56 Å². The molecule has 2 aromatic rings. The molecule has 0 aliphatic heterocycles. The zero-order valence-electron chi connectivity index (χ0n) is 8.31. The molecule has 0 aliphatic rings. The number of fused-ring (bicyclic) bond motifs is 1. The molecular weight excluding hydrogens is 190 g/mol. The van der Waals surface area contributed by atoms with Crippen molar-refractivity contribution >= 4 is 22.8 Å². The third kappa shape index (κ3) is 2.01. The van der Waals surface area contributed by atoms with Crippen molar-refractivity contribution in [3.63, 3.8) is 0 Å². The topological polar surface area (TPSA) is 90.2 Å². The molecule has 0 saturated carbocycles. The van der Waals surface area contributed by atoms with Crippen LogP contribution >= 0.6 is 0 Å². The van der Waals surface area contributed by atoms with Crippen LogP contribution in [0, 0.1) is 6.92 Å². The first-order valence-electron chi connectivity index (χ1n) is 4.48. The van der Waals surface area contributed by atoms with Crippen molar-refractivity contribution in [2.45, 2.75) is 6.92 Å². The van der Waals surface area contributed by atoms with Gasteiger partial charge in [-0.1, -0.05) is 11.6 Å². The van der Waals surface area contributed by atoms with Gasteiger partial charge in [0.1, 0.15) is 0 Å². The van der Waals surface area contributed by atoms with Crippen molar-refractivity contribution in [1.29, 1.82) is 0 Å². The average Bonchev–Trinajstić information content (AvgIpc) is 2.17. The zero-order chi connectivity index (χ0) is 10.8. The van der Waals surface area contributed by atoms with Crippen molar-refractivity contribution in [2.24, 2.45) is 16.5 Å². The van der Waals surface area contributed by atoms with E-state index in [1.807, 2.05) is 25.1 Å². The van der Waals surface area contributed by atoms with Crippen molar-refractivity contribution in [3.05, 3.63) is 30.0 Å². The summed E-state index contributed by atoms with van der Waals surface area (Å²) in [7, 11) is 0. The number of benzene rings is 1. The zero-order valence-corrected chi connectivity index (χ0v) is 8.31. The van der Waals surface area contributed by atoms with Crippen LogP contribution in [0.1, 0.15) is 5.56 Å². The third-order valence-electron chi connectivity index (χ3n) is 1.95. The molecule has 0 aliphatic carbocycles. The van der Waals surface area contributed by atoms with Crippen LogP contribution in [0.3, 0.4) is 0 Å². The number of aromatic nitrogens is 2. The van der Waals surface area contributed by atoms with E-state index in [4.69, 9.17) is 11.5 Å². The first-order valence-corrected chi connectivity index (χ1v) is 4.48. The second-order valence-electron chi connectivity index (χ2n) is 3.27. The third-order valence-corrected chi connectivity index (χ3v) is 1.95. The average molecular weight is 201 g/mol. The van der Waals surface area contributed by atoms with Crippen LogP contribution in [0.2, 0.25) is 0 Å². The van der Waals surface area contributed by atoms with Crippen LogP contribution in [-0.2, 0) is 0 Å². The summed E-state index contributed by atoms with van der Waals surface area (Å²) in [5, 5.41) is 0.976. The minimum atomic E-state index is -0.0403. The Hall–Kier alpha value is -2.17. The lowest BCUT2D eigenvalue weighted by molar-refractivity contribution is 1.17. The van der Waals surface area contributed by atoms with E-state index in [0.29, 0.717) is 0 Å². The van der Waals surface area contributed by atoms with Crippen molar-refractivity contribution in [3.8, 4) is 0 Å². The van der Waals surface area contributed by atoms with E-state index >= 15 is 0 Å². The van der Waals surface area contributed by atoms with Gasteiger partial charge in [-0.05, 0) is 19.1 Å². The maximum Gasteiger partial charge on any atom is 0.253 e. The molecule has 0 amide bonds. The highest BCUT2D eigenvalue weighted by atomic mass is 15.1. The van der Waals surface area contributed by atoms with Crippen LogP contribution in [0.15, 0.2) is 29.4 Å². The molecule has 0 unspecified atom stereocenters. The van der Waals surface area contributed by atoms with Gasteiger partial charge in [-0.25, -0.2) is 9.97 Å². The molecule has 76 valence electrons. The van der Waals surface area contributed by atoms with Crippen LogP contribution in [0.4, 0.5) is 5.95 Å². The Morgan fingerprint density at radius 2 is 2.13 bits per heavy atom. The second-order valence-corrected chi connectivity index (χ2v) is 3.27. The van der Waals surface area contributed by atoms with E-state index in [-0.39, 0.29) is 11.9 Å². The van der Waals surface area contributed by atoms with Crippen molar-refractivity contribution in [2.75, 3.05) is 0 Å². The lowest BCUT2D eigenvalue weighted by Gasteiger charge is -1.99. The molecule has 0 fully saturated rings. The normalized spacial score (nSPS) is 10.2. The maximum absolute atomic E-state index is 5.24. The predicted octanol–water partition coefficient (Wildman–Crippen LogP) is 0.843. The van der Waals surface area contributed by atoms with Crippen molar-refractivity contribution in [1.82, 2.24) is 9.97 Å². The number of hydrogen-bond acceptors (Lipinski definition) is 3. The molecule has 0 saturated heterocycles. The Labute approximate surface area is 86.9 Å². The highest BCUT2D eigenvalue weighted by Crippen LogP contribution is 2.15. The van der Waals surface area contributed by atoms with E-state index in [2.05, 4.69) is 15.0 Å².